The zero-order valence-corrected chi connectivity index (χ0v) is 23.3. The van der Waals surface area contributed by atoms with Crippen molar-refractivity contribution in [2.75, 3.05) is 26.2 Å². The quantitative estimate of drug-likeness (QED) is 0.375. The second-order valence-electron chi connectivity index (χ2n) is 12.2. The monoisotopic (exact) mass is 547 g/mol. The SMILES string of the molecule is Cc1c(F)cc(C(=O)NC2CC2)cc1-c1ccc2c(=O)n(CC3(CO)CC3)cc(CN3CCN(N)C(C)C3)c2c1. The molecule has 1 unspecified atom stereocenters. The van der Waals surface area contributed by atoms with E-state index < -0.39 is 5.82 Å². The number of aliphatic hydroxyl groups is 1. The van der Waals surface area contributed by atoms with Crippen molar-refractivity contribution in [2.24, 2.45) is 11.3 Å². The Bertz CT molecular complexity index is 1530. The largest absolute Gasteiger partial charge is 0.396 e. The number of aromatic nitrogens is 1. The van der Waals surface area contributed by atoms with E-state index in [4.69, 9.17) is 5.84 Å². The molecule has 8 nitrogen and oxygen atoms in total. The zero-order valence-electron chi connectivity index (χ0n) is 23.3. The first kappa shape index (κ1) is 27.1. The molecule has 0 spiro atoms. The Labute approximate surface area is 233 Å². The summed E-state index contributed by atoms with van der Waals surface area (Å²) in [5.74, 6) is 5.42. The van der Waals surface area contributed by atoms with Crippen LogP contribution in [0, 0.1) is 18.2 Å². The number of pyridine rings is 1. The normalized spacial score (nSPS) is 21.1. The lowest BCUT2D eigenvalue weighted by atomic mass is 9.94. The summed E-state index contributed by atoms with van der Waals surface area (Å²) >= 11 is 0. The number of rotatable bonds is 8. The first-order chi connectivity index (χ1) is 19.2. The van der Waals surface area contributed by atoms with Crippen molar-refractivity contribution < 1.29 is 14.3 Å². The minimum atomic E-state index is -0.429. The van der Waals surface area contributed by atoms with Crippen LogP contribution in [0.3, 0.4) is 0 Å². The van der Waals surface area contributed by atoms with Gasteiger partial charge < -0.3 is 15.0 Å². The molecule has 2 aliphatic carbocycles. The number of nitrogens with one attached hydrogen (secondary N) is 1. The average molecular weight is 548 g/mol. The van der Waals surface area contributed by atoms with Gasteiger partial charge in [0.15, 0.2) is 0 Å². The maximum absolute atomic E-state index is 15.0. The molecule has 4 N–H and O–H groups in total. The predicted molar refractivity (Wildman–Crippen MR) is 153 cm³/mol. The number of hydrazine groups is 1. The minimum Gasteiger partial charge on any atom is -0.396 e. The van der Waals surface area contributed by atoms with Gasteiger partial charge in [-0.3, -0.25) is 20.3 Å². The molecule has 9 heteroatoms. The van der Waals surface area contributed by atoms with Crippen LogP contribution in [-0.2, 0) is 13.1 Å². The van der Waals surface area contributed by atoms with Crippen LogP contribution in [0.25, 0.3) is 21.9 Å². The third-order valence-corrected chi connectivity index (χ3v) is 8.95. The van der Waals surface area contributed by atoms with Crippen LogP contribution in [0.15, 0.2) is 41.3 Å². The lowest BCUT2D eigenvalue weighted by Gasteiger charge is -2.37. The molecule has 0 radical (unpaired) electrons. The van der Waals surface area contributed by atoms with Gasteiger partial charge in [0.1, 0.15) is 5.82 Å². The number of hydrogen-bond acceptors (Lipinski definition) is 6. The highest BCUT2D eigenvalue weighted by Crippen LogP contribution is 2.46. The molecule has 40 heavy (non-hydrogen) atoms. The Hall–Kier alpha value is -3.11. The molecule has 2 heterocycles. The number of halogens is 1. The van der Waals surface area contributed by atoms with E-state index in [-0.39, 0.29) is 35.6 Å². The van der Waals surface area contributed by atoms with Crippen LogP contribution in [0.5, 0.6) is 0 Å². The van der Waals surface area contributed by atoms with Crippen molar-refractivity contribution in [1.29, 1.82) is 0 Å². The van der Waals surface area contributed by atoms with E-state index >= 15 is 4.39 Å². The summed E-state index contributed by atoms with van der Waals surface area (Å²) in [5.41, 5.74) is 2.86. The Morgan fingerprint density at radius 1 is 1.18 bits per heavy atom. The molecule has 3 fully saturated rings. The average Bonchev–Trinajstić information content (AvgIpc) is 3.88. The summed E-state index contributed by atoms with van der Waals surface area (Å²) in [6.07, 6.45) is 5.67. The molecular weight excluding hydrogens is 509 g/mol. The topological polar surface area (TPSA) is 104 Å². The van der Waals surface area contributed by atoms with E-state index in [2.05, 4.69) is 17.1 Å². The van der Waals surface area contributed by atoms with E-state index in [9.17, 15) is 14.7 Å². The molecule has 1 saturated heterocycles. The lowest BCUT2D eigenvalue weighted by Crippen LogP contribution is -2.54. The maximum atomic E-state index is 15.0. The minimum absolute atomic E-state index is 0.0667. The molecule has 1 aliphatic heterocycles. The van der Waals surface area contributed by atoms with Gasteiger partial charge in [-0.05, 0) is 91.4 Å². The van der Waals surface area contributed by atoms with E-state index in [0.29, 0.717) is 35.2 Å². The summed E-state index contributed by atoms with van der Waals surface area (Å²) in [6, 6.07) is 9.06. The Morgan fingerprint density at radius 3 is 2.62 bits per heavy atom. The summed E-state index contributed by atoms with van der Waals surface area (Å²) in [5, 5.41) is 16.2. The summed E-state index contributed by atoms with van der Waals surface area (Å²) < 4.78 is 16.8. The van der Waals surface area contributed by atoms with Crippen LogP contribution in [-0.4, -0.2) is 63.8 Å². The fraction of sp³-hybridized carbons (Fsp3) is 0.484. The van der Waals surface area contributed by atoms with Crippen molar-refractivity contribution in [1.82, 2.24) is 19.8 Å². The van der Waals surface area contributed by atoms with Crippen molar-refractivity contribution in [3.8, 4) is 11.1 Å². The van der Waals surface area contributed by atoms with Gasteiger partial charge in [-0.15, -0.1) is 0 Å². The number of benzene rings is 2. The molecule has 1 amide bonds. The summed E-state index contributed by atoms with van der Waals surface area (Å²) in [4.78, 5) is 28.7. The molecular formula is C31H38FN5O3. The zero-order chi connectivity index (χ0) is 28.2. The van der Waals surface area contributed by atoms with E-state index in [0.717, 1.165) is 61.8 Å². The van der Waals surface area contributed by atoms with Crippen LogP contribution in [0.1, 0.15) is 54.1 Å². The van der Waals surface area contributed by atoms with Gasteiger partial charge in [0.25, 0.3) is 11.5 Å². The molecule has 6 rings (SSSR count). The fourth-order valence-electron chi connectivity index (χ4n) is 5.82. The van der Waals surface area contributed by atoms with Crippen LogP contribution < -0.4 is 16.7 Å². The lowest BCUT2D eigenvalue weighted by molar-refractivity contribution is 0.0795. The van der Waals surface area contributed by atoms with Crippen LogP contribution in [0.2, 0.25) is 0 Å². The molecule has 3 aliphatic rings. The van der Waals surface area contributed by atoms with Gasteiger partial charge >= 0.3 is 0 Å². The third-order valence-electron chi connectivity index (χ3n) is 8.95. The highest BCUT2D eigenvalue weighted by Gasteiger charge is 2.42. The Morgan fingerprint density at radius 2 is 1.95 bits per heavy atom. The van der Waals surface area contributed by atoms with Crippen LogP contribution >= 0.6 is 0 Å². The summed E-state index contributed by atoms with van der Waals surface area (Å²) in [7, 11) is 0. The first-order valence-electron chi connectivity index (χ1n) is 14.3. The van der Waals surface area contributed by atoms with Gasteiger partial charge in [-0.2, -0.15) is 0 Å². The standard InChI is InChI=1S/C31H38FN5O3/c1-19-14-35(9-10-37(19)33)15-23-16-36(17-31(18-38)7-8-31)30(40)25-6-3-21(11-27(23)25)26-12-22(13-28(32)20(26)2)29(39)34-24-4-5-24/h3,6,11-13,16,19,24,38H,4-5,7-10,14-15,17-18,33H2,1-2H3,(H,34,39). The second-order valence-corrected chi connectivity index (χ2v) is 12.2. The maximum Gasteiger partial charge on any atom is 0.258 e. The number of hydrogen-bond donors (Lipinski definition) is 3. The highest BCUT2D eigenvalue weighted by atomic mass is 19.1. The number of fused-ring (bicyclic) bond motifs is 1. The van der Waals surface area contributed by atoms with Gasteiger partial charge in [0, 0.05) is 67.4 Å². The van der Waals surface area contributed by atoms with Gasteiger partial charge in [-0.25, -0.2) is 9.40 Å². The number of carbonyl (C=O) groups excluding carboxylic acids is 1. The number of nitrogens with zero attached hydrogens (tertiary/aromatic N) is 3. The number of piperazine rings is 1. The third kappa shape index (κ3) is 5.31. The Kier molecular flexibility index (Phi) is 7.02. The van der Waals surface area contributed by atoms with E-state index in [1.165, 1.54) is 6.07 Å². The van der Waals surface area contributed by atoms with Gasteiger partial charge in [0.2, 0.25) is 0 Å². The molecule has 212 valence electrons. The number of nitrogens with two attached hydrogens (primary N) is 1. The molecule has 1 aromatic heterocycles. The van der Waals surface area contributed by atoms with Crippen molar-refractivity contribution in [3.05, 3.63) is 69.4 Å². The number of carbonyl (C=O) groups is 1. The van der Waals surface area contributed by atoms with Crippen molar-refractivity contribution >= 4 is 16.7 Å². The summed E-state index contributed by atoms with van der Waals surface area (Å²) in [6.45, 7) is 7.39. The van der Waals surface area contributed by atoms with Crippen molar-refractivity contribution in [2.45, 2.75) is 64.7 Å². The number of aliphatic hydroxyl groups excluding tert-OH is 1. The molecule has 2 saturated carbocycles. The predicted octanol–water partition coefficient (Wildman–Crippen LogP) is 3.16. The first-order valence-corrected chi connectivity index (χ1v) is 14.3. The highest BCUT2D eigenvalue weighted by molar-refractivity contribution is 5.97. The molecule has 1 atom stereocenters. The molecule has 0 bridgehead atoms. The second kappa shape index (κ2) is 10.4. The van der Waals surface area contributed by atoms with Crippen molar-refractivity contribution in [3.63, 3.8) is 0 Å². The number of amides is 1. The fourth-order valence-corrected chi connectivity index (χ4v) is 5.82. The Balaban J connectivity index is 1.43. The molecule has 3 aromatic rings. The van der Waals surface area contributed by atoms with E-state index in [1.807, 2.05) is 29.4 Å². The van der Waals surface area contributed by atoms with Gasteiger partial charge in [0.05, 0.1) is 6.61 Å². The van der Waals surface area contributed by atoms with Gasteiger partial charge in [-0.1, -0.05) is 6.07 Å². The molecule has 2 aromatic carbocycles. The van der Waals surface area contributed by atoms with E-state index in [1.54, 1.807) is 17.6 Å². The van der Waals surface area contributed by atoms with Crippen LogP contribution in [0.4, 0.5) is 4.39 Å². The smallest absolute Gasteiger partial charge is 0.258 e.